The van der Waals surface area contributed by atoms with E-state index in [0.717, 1.165) is 25.1 Å². The molecule has 4 nitrogen and oxygen atoms in total. The van der Waals surface area contributed by atoms with E-state index in [-0.39, 0.29) is 5.56 Å². The lowest BCUT2D eigenvalue weighted by atomic mass is 10.1. The van der Waals surface area contributed by atoms with Gasteiger partial charge in [-0.15, -0.1) is 0 Å². The number of hydrogen-bond acceptors (Lipinski definition) is 3. The summed E-state index contributed by atoms with van der Waals surface area (Å²) in [5.74, 6) is -0.538. The van der Waals surface area contributed by atoms with Gasteiger partial charge in [0, 0.05) is 19.1 Å². The highest BCUT2D eigenvalue weighted by Crippen LogP contribution is 2.23. The molecule has 0 saturated carbocycles. The van der Waals surface area contributed by atoms with Gasteiger partial charge < -0.3 is 9.84 Å². The fraction of sp³-hybridized carbons (Fsp3) is 0.471. The van der Waals surface area contributed by atoms with Crippen LogP contribution in [0.5, 0.6) is 5.75 Å². The average molecular weight is 289 g/mol. The predicted octanol–water partition coefficient (Wildman–Crippen LogP) is 3.32. The van der Waals surface area contributed by atoms with Crippen LogP contribution in [0.4, 0.5) is 0 Å². The van der Waals surface area contributed by atoms with Crippen molar-refractivity contribution in [3.8, 4) is 5.75 Å². The molecule has 1 aromatic rings. The number of aromatic carboxylic acids is 1. The van der Waals surface area contributed by atoms with Gasteiger partial charge in [-0.25, -0.2) is 4.79 Å². The van der Waals surface area contributed by atoms with Crippen LogP contribution in [-0.2, 0) is 6.54 Å². The van der Waals surface area contributed by atoms with Crippen LogP contribution in [0.3, 0.4) is 0 Å². The van der Waals surface area contributed by atoms with Crippen molar-refractivity contribution in [2.24, 2.45) is 0 Å². The van der Waals surface area contributed by atoms with Gasteiger partial charge in [0.05, 0.1) is 7.11 Å². The normalized spacial score (nSPS) is 18.1. The summed E-state index contributed by atoms with van der Waals surface area (Å²) >= 11 is 0. The van der Waals surface area contributed by atoms with Crippen LogP contribution in [0.15, 0.2) is 30.4 Å². The van der Waals surface area contributed by atoms with E-state index in [2.05, 4.69) is 24.0 Å². The molecular weight excluding hydrogens is 266 g/mol. The quantitative estimate of drug-likeness (QED) is 0.782. The molecule has 21 heavy (non-hydrogen) atoms. The highest BCUT2D eigenvalue weighted by molar-refractivity contribution is 5.91. The Morgan fingerprint density at radius 2 is 2.29 bits per heavy atom. The summed E-state index contributed by atoms with van der Waals surface area (Å²) in [6, 6.07) is 5.88. The van der Waals surface area contributed by atoms with Crippen molar-refractivity contribution in [3.63, 3.8) is 0 Å². The Labute approximate surface area is 126 Å². The number of unbranched alkanes of at least 4 members (excludes halogenated alkanes) is 1. The van der Waals surface area contributed by atoms with Crippen molar-refractivity contribution >= 4 is 5.97 Å². The Kier molecular flexibility index (Phi) is 5.39. The third kappa shape index (κ3) is 3.85. The van der Waals surface area contributed by atoms with Crippen molar-refractivity contribution in [2.45, 2.75) is 38.8 Å². The molecule has 0 radical (unpaired) electrons. The van der Waals surface area contributed by atoms with Crippen LogP contribution in [0.1, 0.15) is 42.1 Å². The van der Waals surface area contributed by atoms with Crippen LogP contribution in [0.25, 0.3) is 0 Å². The molecule has 0 aliphatic carbocycles. The van der Waals surface area contributed by atoms with E-state index in [1.165, 1.54) is 20.0 Å². The molecule has 1 heterocycles. The maximum absolute atomic E-state index is 11.3. The first-order valence-electron chi connectivity index (χ1n) is 7.46. The standard InChI is InChI=1S/C17H23NO3/c1-3-4-6-14-7-5-10-18(14)12-13-8-9-16(21-2)15(11-13)17(19)20/h5,7-9,11,14H,3-4,6,10,12H2,1-2H3,(H,19,20)/t14-/m1/s1. The van der Waals surface area contributed by atoms with Gasteiger partial charge in [-0.3, -0.25) is 4.90 Å². The van der Waals surface area contributed by atoms with Crippen molar-refractivity contribution in [2.75, 3.05) is 13.7 Å². The average Bonchev–Trinajstić information content (AvgIpc) is 2.92. The van der Waals surface area contributed by atoms with E-state index in [0.29, 0.717) is 11.8 Å². The Balaban J connectivity index is 2.09. The number of nitrogens with zero attached hydrogens (tertiary/aromatic N) is 1. The monoisotopic (exact) mass is 289 g/mol. The van der Waals surface area contributed by atoms with E-state index in [9.17, 15) is 9.90 Å². The fourth-order valence-corrected chi connectivity index (χ4v) is 2.74. The summed E-state index contributed by atoms with van der Waals surface area (Å²) in [4.78, 5) is 13.6. The van der Waals surface area contributed by atoms with Crippen LogP contribution in [0.2, 0.25) is 0 Å². The molecule has 2 rings (SSSR count). The molecule has 0 spiro atoms. The number of rotatable bonds is 7. The Bertz CT molecular complexity index is 525. The number of benzene rings is 1. The Hall–Kier alpha value is -1.81. The number of carboxylic acid groups (broad SMARTS) is 1. The molecule has 1 N–H and O–H groups in total. The van der Waals surface area contributed by atoms with Crippen molar-refractivity contribution in [1.29, 1.82) is 0 Å². The molecular formula is C17H23NO3. The van der Waals surface area contributed by atoms with Crippen LogP contribution in [0, 0.1) is 0 Å². The van der Waals surface area contributed by atoms with Gasteiger partial charge in [0.1, 0.15) is 11.3 Å². The molecule has 0 amide bonds. The minimum atomic E-state index is -0.948. The van der Waals surface area contributed by atoms with Gasteiger partial charge in [-0.2, -0.15) is 0 Å². The van der Waals surface area contributed by atoms with Gasteiger partial charge in [-0.05, 0) is 24.1 Å². The summed E-state index contributed by atoms with van der Waals surface area (Å²) in [5, 5.41) is 9.24. The second kappa shape index (κ2) is 7.27. The second-order valence-corrected chi connectivity index (χ2v) is 5.41. The zero-order valence-electron chi connectivity index (χ0n) is 12.7. The maximum Gasteiger partial charge on any atom is 0.339 e. The first kappa shape index (κ1) is 15.6. The highest BCUT2D eigenvalue weighted by Gasteiger charge is 2.20. The molecule has 0 bridgehead atoms. The molecule has 0 unspecified atom stereocenters. The summed E-state index contributed by atoms with van der Waals surface area (Å²) < 4.78 is 5.10. The molecule has 1 aliphatic rings. The molecule has 4 heteroatoms. The van der Waals surface area contributed by atoms with E-state index in [4.69, 9.17) is 4.74 Å². The summed E-state index contributed by atoms with van der Waals surface area (Å²) in [5.41, 5.74) is 1.24. The lowest BCUT2D eigenvalue weighted by molar-refractivity contribution is 0.0693. The molecule has 1 aliphatic heterocycles. The second-order valence-electron chi connectivity index (χ2n) is 5.41. The van der Waals surface area contributed by atoms with Crippen LogP contribution >= 0.6 is 0 Å². The van der Waals surface area contributed by atoms with Crippen molar-refractivity contribution in [3.05, 3.63) is 41.5 Å². The zero-order chi connectivity index (χ0) is 15.2. The first-order chi connectivity index (χ1) is 10.2. The maximum atomic E-state index is 11.3. The lowest BCUT2D eigenvalue weighted by Gasteiger charge is -2.24. The highest BCUT2D eigenvalue weighted by atomic mass is 16.5. The molecule has 0 fully saturated rings. The minimum Gasteiger partial charge on any atom is -0.496 e. The Morgan fingerprint density at radius 1 is 1.48 bits per heavy atom. The third-order valence-electron chi connectivity index (χ3n) is 3.90. The smallest absolute Gasteiger partial charge is 0.339 e. The lowest BCUT2D eigenvalue weighted by Crippen LogP contribution is -2.29. The summed E-state index contributed by atoms with van der Waals surface area (Å²) in [7, 11) is 1.49. The number of carboxylic acids is 1. The third-order valence-corrected chi connectivity index (χ3v) is 3.90. The van der Waals surface area contributed by atoms with Gasteiger partial charge >= 0.3 is 5.97 Å². The summed E-state index contributed by atoms with van der Waals surface area (Å²) in [6.45, 7) is 3.90. The summed E-state index contributed by atoms with van der Waals surface area (Å²) in [6.07, 6.45) is 8.03. The number of hydrogen-bond donors (Lipinski definition) is 1. The van der Waals surface area contributed by atoms with Gasteiger partial charge in [0.2, 0.25) is 0 Å². The molecule has 1 atom stereocenters. The SMILES string of the molecule is CCCC[C@@H]1C=CCN1Cc1ccc(OC)c(C(=O)O)c1. The van der Waals surface area contributed by atoms with Gasteiger partial charge in [-0.1, -0.05) is 38.0 Å². The van der Waals surface area contributed by atoms with E-state index in [1.54, 1.807) is 12.1 Å². The van der Waals surface area contributed by atoms with Crippen molar-refractivity contribution in [1.82, 2.24) is 4.90 Å². The first-order valence-corrected chi connectivity index (χ1v) is 7.46. The Morgan fingerprint density at radius 3 is 2.95 bits per heavy atom. The van der Waals surface area contributed by atoms with E-state index in [1.807, 2.05) is 6.07 Å². The van der Waals surface area contributed by atoms with Crippen LogP contribution < -0.4 is 4.74 Å². The molecule has 114 valence electrons. The number of methoxy groups -OCH3 is 1. The van der Waals surface area contributed by atoms with E-state index >= 15 is 0 Å². The molecule has 0 aromatic heterocycles. The number of ether oxygens (including phenoxy) is 1. The van der Waals surface area contributed by atoms with E-state index < -0.39 is 5.97 Å². The van der Waals surface area contributed by atoms with Crippen molar-refractivity contribution < 1.29 is 14.6 Å². The fourth-order valence-electron chi connectivity index (χ4n) is 2.74. The molecule has 1 aromatic carbocycles. The minimum absolute atomic E-state index is 0.229. The van der Waals surface area contributed by atoms with Gasteiger partial charge in [0.25, 0.3) is 0 Å². The van der Waals surface area contributed by atoms with Crippen LogP contribution in [-0.4, -0.2) is 35.7 Å². The largest absolute Gasteiger partial charge is 0.496 e. The zero-order valence-corrected chi connectivity index (χ0v) is 12.7. The topological polar surface area (TPSA) is 49.8 Å². The van der Waals surface area contributed by atoms with Gasteiger partial charge in [0.15, 0.2) is 0 Å². The molecule has 0 saturated heterocycles. The number of carbonyl (C=O) groups is 1. The predicted molar refractivity (Wildman–Crippen MR) is 82.8 cm³/mol.